The molecule has 0 N–H and O–H groups in total. The van der Waals surface area contributed by atoms with Gasteiger partial charge in [0.1, 0.15) is 0 Å². The van der Waals surface area contributed by atoms with Crippen molar-refractivity contribution in [1.29, 1.82) is 0 Å². The quantitative estimate of drug-likeness (QED) is 0.212. The molecule has 0 bridgehead atoms. The minimum absolute atomic E-state index is 0. The maximum atomic E-state index is 5.00. The Kier molecular flexibility index (Phi) is 4450. The summed E-state index contributed by atoms with van der Waals surface area (Å²) in [7, 11) is 8.00. The molecule has 0 aliphatic heterocycles. The number of hydrogen-bond donors (Lipinski definition) is 0. The van der Waals surface area contributed by atoms with Crippen LogP contribution >= 0.6 is 13.5 Å². The predicted octanol–water partition coefficient (Wildman–Crippen LogP) is -32.5. The molecule has 0 heterocycles. The standard InChI is InChI=1S/Ag.Al.AsH3.Au.B2.B.Ba.Be.Bi.Ca.Cd.Co.Cr.Cs.Cu.Fe.Ga.GeH4.Hf.Hg.In.Ir.K.La.Li.Mg.Mn.Mo.Na.Nb.Ni.Os.Pb.Pd.Po.Pt.Rb.Re.Rh.Ru.H2S.Sb.2H2Se.H4Si.Sn.Sr.Ta.Tc.H2Te.Ti.Tl.V.W.Y.Zn.Zr.2H2.39H/c;;;;1-2;;;;;;;;;;;;;;;;;;;;;;;;;;;;;;;;;;;;;;;;;;;;;;;;;;;;;;;;;;;;;;;;;;;;;;;;;;;;;;;;;;;;;;;;;;;;;/h;;1H3;;;;;;;;;;;;;;;1H4;;;;;;;;;;;;;;;;;;;;;;;1H2;;2*1H2;1H4;;;;;1H2;;;;;;;;2*1H;;;;;;;;;;;;;;;;;;;;;;;;;;;;;;;;;;;;;;;/q;;;;;;2*+2;;+2;;;;+1;;;;;;;;;+1;;+1;+2;;;+1;;;;;;;;+1;;;;;;;;;;+2;;;;;;;;;;;;;;;;;;;;;;;;;;;;;;;;;;;;;15*-1/i;;;;;;;;;;;;;;;;;;;;;;;;;;;;;;;;;;;;;;;;;;;;;;;;;;;;;;;;;1+2T;1+2;;;;;;;;;;;;;;;;;;;;;;;;;;;;;;;;;;;;;;;. The molecule has 0 fully saturated rings. The van der Waals surface area contributed by atoms with E-state index in [0.717, 1.165) is 0 Å². The van der Waals surface area contributed by atoms with Crippen molar-refractivity contribution in [3.63, 3.8) is 0 Å². The average molecular weight is 5810 g/mol. The van der Waals surface area contributed by atoms with E-state index in [9.17, 15) is 0 Å². The van der Waals surface area contributed by atoms with Crippen LogP contribution in [0.25, 0.3) is 0 Å². The van der Waals surface area contributed by atoms with Crippen molar-refractivity contribution >= 4 is 526 Å². The second-order valence-corrected chi connectivity index (χ2v) is 0. The summed E-state index contributed by atoms with van der Waals surface area (Å²) in [6.45, 7) is 0. The summed E-state index contributed by atoms with van der Waals surface area (Å²) >= 11 is 0. The van der Waals surface area contributed by atoms with Gasteiger partial charge in [-0.3, -0.25) is 0 Å². The fourth-order valence-electron chi connectivity index (χ4n) is 0. The SMILES string of the molecule is S.[3HH].[3H][3H].[Ag].[AlH3].[AsH3].[Au].[B].[B][B].[Ba+2].[Be+2].[BiH3].[Ca+2].[Cd].[Co].[Cr].[Cs+].[Cu].[Fe].[GaH3].[GeH4].[H-].[H-].[H-].[H-].[H-].[H-].[H-].[H-].[H-].[H-].[H-].[H-].[H-].[H-].[H-].[Hf].[Hg].[InH3].[Ir].[K+].[La].[Li+].[Mg+2].[Mn].[Mo].[Na+].[Nb].[Ni].[Os].[PbH2].[Pd].[PoH2].[Pt].[Rb+].[Re].[Rh].[Ru].[SbH3].[SeH2].[SeH2].[SiH4].[SnH2].[Sr+2].[Ta].[Tc].[TeH2].[Ti].[TlH3].[V].[W].[Y].[Zn].[Zr]. The molecular weight excluding hydrogens is 5740 g/mol. The first-order valence-electron chi connectivity index (χ1n) is 1.33. The summed E-state index contributed by atoms with van der Waals surface area (Å²) in [6, 6.07) is 0. The van der Waals surface area contributed by atoms with Gasteiger partial charge in [-0.15, -0.1) is 0 Å². The summed E-state index contributed by atoms with van der Waals surface area (Å²) in [6.07, 6.45) is 0. The Morgan fingerprint density at radius 2 is 1.03 bits per heavy atom. The molecule has 58 heteroatoms. The molecule has 0 aromatic heterocycles. The molecule has 0 amide bonds. The van der Waals surface area contributed by atoms with Gasteiger partial charge in [0.25, 0.3) is 0 Å². The van der Waals surface area contributed by atoms with Gasteiger partial charge in [-0.05, 0) is 11.0 Å². The van der Waals surface area contributed by atoms with Crippen LogP contribution in [-0.4, -0.2) is 512 Å². The van der Waals surface area contributed by atoms with Crippen molar-refractivity contribution in [3.05, 3.63) is 0 Å². The Bertz CT molecular complexity index is 393. The number of hydrogen-bond acceptors (Lipinski definition) is 0. The Labute approximate surface area is 1360 Å². The molecule has 1 unspecified atom stereocenters. The third kappa shape index (κ3) is 508. The Balaban J connectivity index is -0.00000000000751. The third-order valence-corrected chi connectivity index (χ3v) is 0. The molecular formula is H62AgAlAsAuB3BaBeBiCaCdCoCrCsCuFeGaGeHfHgInIrKLaLiMgMnMoNaNbNiOsPbPdPoPtRbReRhRuSSbSe2SiSnSrTaTcTeTiTlVWYZnZr. The van der Waals surface area contributed by atoms with Crippen molar-refractivity contribution in [2.45, 2.75) is 0 Å². The first-order chi connectivity index (χ1) is 2.00. The zero-order valence-electron chi connectivity index (χ0n) is 45.7. The van der Waals surface area contributed by atoms with Gasteiger partial charge in [0, 0.05) is 658 Å². The van der Waals surface area contributed by atoms with E-state index in [1.165, 1.54) is 0 Å². The maximum absolute atomic E-state index is 5.00. The summed E-state index contributed by atoms with van der Waals surface area (Å²) < 4.78 is 10.0. The molecule has 1 atom stereocenters. The van der Waals surface area contributed by atoms with E-state index in [1.807, 2.05) is 0 Å². The van der Waals surface area contributed by atoms with Gasteiger partial charge >= 0.3 is 687 Å². The topological polar surface area (TPSA) is 0 Å². The minimum Gasteiger partial charge on any atom is 0 e. The van der Waals surface area contributed by atoms with Crippen LogP contribution in [0.3, 0.4) is 0 Å². The molecule has 0 saturated heterocycles. The molecule has 351 valence electrons. The van der Waals surface area contributed by atoms with Gasteiger partial charge in [-0.2, -0.15) is 13.5 Å². The fourth-order valence-corrected chi connectivity index (χ4v) is 0. The zero-order valence-corrected chi connectivity index (χ0v) is 156. The van der Waals surface area contributed by atoms with Crippen molar-refractivity contribution < 1.29 is 882 Å². The zero-order chi connectivity index (χ0) is 4.00. The predicted molar refractivity (Wildman–Crippen MR) is 221 cm³/mol. The number of rotatable bonds is 0. The first kappa shape index (κ1) is 493. The minimum atomic E-state index is 0. The molecule has 0 spiro atoms. The van der Waals surface area contributed by atoms with Crippen LogP contribution in [0.15, 0.2) is 0 Å². The van der Waals surface area contributed by atoms with Crippen molar-refractivity contribution in [3.8, 4) is 0 Å². The summed E-state index contributed by atoms with van der Waals surface area (Å²) in [5, 5.41) is 0. The van der Waals surface area contributed by atoms with E-state index in [0.29, 0.717) is 0 Å². The van der Waals surface area contributed by atoms with Gasteiger partial charge < -0.3 is 21.4 Å². The molecule has 0 aliphatic rings. The van der Waals surface area contributed by atoms with Crippen LogP contribution in [-0.2, 0) is 594 Å². The fraction of sp³-hybridized carbons (Fsp3) is 0. The van der Waals surface area contributed by atoms with E-state index in [4.69, 9.17) is 2.97 Å². The van der Waals surface area contributed by atoms with Crippen LogP contribution < -0.4 is 227 Å². The van der Waals surface area contributed by atoms with Crippen molar-refractivity contribution in [2.75, 3.05) is 0 Å². The van der Waals surface area contributed by atoms with Crippen LogP contribution in [0.1, 0.15) is 25.8 Å². The molecule has 0 saturated carbocycles. The molecule has 0 nitrogen and oxygen atoms in total. The molecule has 0 aromatic rings. The summed E-state index contributed by atoms with van der Waals surface area (Å²) in [5.74, 6) is 0. The second kappa shape index (κ2) is 524. The Morgan fingerprint density at radius 3 is 1.03 bits per heavy atom. The van der Waals surface area contributed by atoms with Gasteiger partial charge in [0.2, 0.25) is 0 Å². The van der Waals surface area contributed by atoms with E-state index in [-0.39, 0.29) is 1390 Å². The summed E-state index contributed by atoms with van der Waals surface area (Å²) in [5.41, 5.74) is 0. The summed E-state index contributed by atoms with van der Waals surface area (Å²) in [4.78, 5) is 0. The molecule has 0 rings (SSSR count). The van der Waals surface area contributed by atoms with Gasteiger partial charge in [0.15, 0.2) is 17.4 Å². The normalized spacial score (nSPS) is 0.207. The van der Waals surface area contributed by atoms with Crippen LogP contribution in [0.4, 0.5) is 0 Å². The molecule has 26 radical (unpaired) electrons. The monoisotopic (exact) mass is 5820 g/mol. The third-order valence-electron chi connectivity index (χ3n) is 0. The Morgan fingerprint density at radius 1 is 1.03 bits per heavy atom. The van der Waals surface area contributed by atoms with Crippen LogP contribution in [0, 0.1) is 35.6 Å². The van der Waals surface area contributed by atoms with Crippen LogP contribution in [0.5, 0.6) is 0 Å². The van der Waals surface area contributed by atoms with E-state index >= 15 is 0 Å². The van der Waals surface area contributed by atoms with E-state index in [1.54, 1.807) is 0 Å². The average Bonchev–Trinajstić information content (AvgIpc) is 1.50. The van der Waals surface area contributed by atoms with Gasteiger partial charge in [0.05, 0.1) is 0 Å². The van der Waals surface area contributed by atoms with Crippen molar-refractivity contribution in [1.82, 2.24) is 0 Å². The van der Waals surface area contributed by atoms with E-state index < -0.39 is 0 Å². The molecule has 0 aliphatic carbocycles. The van der Waals surface area contributed by atoms with E-state index in [2.05, 4.69) is 15.5 Å². The van der Waals surface area contributed by atoms with Crippen molar-refractivity contribution in [2.24, 2.45) is 0 Å². The molecule has 58 heavy (non-hydrogen) atoms. The maximum Gasteiger partial charge on any atom is 0 e. The Hall–Kier alpha value is 43.8. The van der Waals surface area contributed by atoms with Gasteiger partial charge in [-0.25, -0.2) is 0 Å². The first-order valence-corrected chi connectivity index (χ1v) is 0.333. The largest absolute Gasteiger partial charge is 0 e. The van der Waals surface area contributed by atoms with Gasteiger partial charge in [-0.1, -0.05) is 0 Å². The smallest absolute Gasteiger partial charge is 0 e. The molecule has 0 aromatic carbocycles. The van der Waals surface area contributed by atoms with Crippen LogP contribution in [0.2, 0.25) is 0 Å². The second-order valence-electron chi connectivity index (χ2n) is 0.